The van der Waals surface area contributed by atoms with Gasteiger partial charge in [0.15, 0.2) is 0 Å². The molecular weight excluding hydrogens is 344 g/mol. The molecule has 1 aliphatic heterocycles. The van der Waals surface area contributed by atoms with Crippen LogP contribution in [0.25, 0.3) is 0 Å². The molecule has 1 heterocycles. The van der Waals surface area contributed by atoms with Gasteiger partial charge in [0.05, 0.1) is 5.92 Å². The zero-order valence-electron chi connectivity index (χ0n) is 18.8. The van der Waals surface area contributed by atoms with Crippen molar-refractivity contribution in [2.45, 2.75) is 129 Å². The summed E-state index contributed by atoms with van der Waals surface area (Å²) >= 11 is 0. The van der Waals surface area contributed by atoms with Crippen LogP contribution in [0.4, 0.5) is 0 Å². The normalized spacial score (nSPS) is 36.9. The monoisotopic (exact) mass is 390 g/mol. The molecule has 0 bridgehead atoms. The molecule has 0 amide bonds. The highest BCUT2D eigenvalue weighted by atomic mass is 16.5. The second-order valence-electron chi connectivity index (χ2n) is 10.4. The molecule has 0 aromatic heterocycles. The molecule has 3 rings (SSSR count). The minimum Gasteiger partial charge on any atom is -0.462 e. The fourth-order valence-corrected chi connectivity index (χ4v) is 6.28. The highest BCUT2D eigenvalue weighted by molar-refractivity contribution is 5.73. The van der Waals surface area contributed by atoms with Gasteiger partial charge in [0, 0.05) is 0 Å². The first-order valence-electron chi connectivity index (χ1n) is 12.9. The van der Waals surface area contributed by atoms with Crippen molar-refractivity contribution in [3.63, 3.8) is 0 Å². The molecule has 2 atom stereocenters. The minimum absolute atomic E-state index is 0.142. The number of cyclic esters (lactones) is 1. The molecule has 2 unspecified atom stereocenters. The van der Waals surface area contributed by atoms with E-state index < -0.39 is 0 Å². The molecule has 28 heavy (non-hydrogen) atoms. The Hall–Kier alpha value is -0.530. The van der Waals surface area contributed by atoms with Crippen LogP contribution in [0.15, 0.2) is 0 Å². The van der Waals surface area contributed by atoms with Gasteiger partial charge in [-0.1, -0.05) is 84.5 Å². The fraction of sp³-hybridized carbons (Fsp3) is 0.962. The predicted octanol–water partition coefficient (Wildman–Crippen LogP) is 7.69. The van der Waals surface area contributed by atoms with Gasteiger partial charge in [0.1, 0.15) is 6.10 Å². The first-order valence-corrected chi connectivity index (χ1v) is 12.9. The average molecular weight is 391 g/mol. The number of esters is 1. The summed E-state index contributed by atoms with van der Waals surface area (Å²) in [5, 5.41) is 0. The summed E-state index contributed by atoms with van der Waals surface area (Å²) in [4.78, 5) is 12.6. The molecule has 0 spiro atoms. The largest absolute Gasteiger partial charge is 0.462 e. The number of unbranched alkanes of at least 4 members (excludes halogenated alkanes) is 2. The van der Waals surface area contributed by atoms with Crippen molar-refractivity contribution in [3.05, 3.63) is 0 Å². The lowest BCUT2D eigenvalue weighted by molar-refractivity contribution is -0.165. The van der Waals surface area contributed by atoms with Crippen LogP contribution in [-0.4, -0.2) is 12.1 Å². The number of ether oxygens (including phenoxy) is 1. The maximum Gasteiger partial charge on any atom is 0.309 e. The predicted molar refractivity (Wildman–Crippen MR) is 117 cm³/mol. The van der Waals surface area contributed by atoms with Crippen LogP contribution in [0.5, 0.6) is 0 Å². The summed E-state index contributed by atoms with van der Waals surface area (Å²) in [6.45, 7) is 4.62. The van der Waals surface area contributed by atoms with E-state index in [0.717, 1.165) is 37.0 Å². The molecule has 0 N–H and O–H groups in total. The number of hydrogen-bond acceptors (Lipinski definition) is 2. The maximum atomic E-state index is 12.6. The van der Waals surface area contributed by atoms with E-state index in [1.165, 1.54) is 89.9 Å². The number of hydrogen-bond donors (Lipinski definition) is 0. The smallest absolute Gasteiger partial charge is 0.309 e. The van der Waals surface area contributed by atoms with Crippen LogP contribution in [0.3, 0.4) is 0 Å². The molecule has 3 aliphatic rings. The standard InChI is InChI=1S/C26H46O2/c1-3-5-6-7-21-12-15-23(16-13-21)25-19-18-24(26(27)28-25)17-14-22-10-8-20(4-2)9-11-22/h20-25H,3-19H2,1-2H3. The Morgan fingerprint density at radius 1 is 0.714 bits per heavy atom. The van der Waals surface area contributed by atoms with Gasteiger partial charge in [0.2, 0.25) is 0 Å². The van der Waals surface area contributed by atoms with Gasteiger partial charge >= 0.3 is 5.97 Å². The summed E-state index contributed by atoms with van der Waals surface area (Å²) < 4.78 is 6.01. The molecule has 162 valence electrons. The molecule has 0 aromatic carbocycles. The highest BCUT2D eigenvalue weighted by Crippen LogP contribution is 2.39. The van der Waals surface area contributed by atoms with E-state index in [2.05, 4.69) is 13.8 Å². The molecule has 0 aromatic rings. The van der Waals surface area contributed by atoms with E-state index in [1.807, 2.05) is 0 Å². The van der Waals surface area contributed by atoms with Crippen molar-refractivity contribution in [3.8, 4) is 0 Å². The second kappa shape index (κ2) is 11.6. The van der Waals surface area contributed by atoms with Crippen LogP contribution >= 0.6 is 0 Å². The van der Waals surface area contributed by atoms with Crippen LogP contribution < -0.4 is 0 Å². The highest BCUT2D eigenvalue weighted by Gasteiger charge is 2.36. The summed E-state index contributed by atoms with van der Waals surface area (Å²) in [5.41, 5.74) is 0. The molecule has 2 aliphatic carbocycles. The molecule has 1 saturated heterocycles. The molecule has 2 heteroatoms. The number of carbonyl (C=O) groups excluding carboxylic acids is 1. The Balaban J connectivity index is 1.32. The Morgan fingerprint density at radius 3 is 2.00 bits per heavy atom. The molecule has 2 saturated carbocycles. The van der Waals surface area contributed by atoms with Crippen LogP contribution in [0.2, 0.25) is 0 Å². The zero-order chi connectivity index (χ0) is 19.8. The summed E-state index contributed by atoms with van der Waals surface area (Å²) in [6.07, 6.45) is 22.6. The van der Waals surface area contributed by atoms with Gasteiger partial charge in [-0.3, -0.25) is 4.79 Å². The van der Waals surface area contributed by atoms with Gasteiger partial charge in [0.25, 0.3) is 0 Å². The van der Waals surface area contributed by atoms with Gasteiger partial charge in [-0.15, -0.1) is 0 Å². The summed E-state index contributed by atoms with van der Waals surface area (Å²) in [6, 6.07) is 0. The van der Waals surface area contributed by atoms with E-state index >= 15 is 0 Å². The van der Waals surface area contributed by atoms with Crippen molar-refractivity contribution in [2.75, 3.05) is 0 Å². The Morgan fingerprint density at radius 2 is 1.36 bits per heavy atom. The lowest BCUT2D eigenvalue weighted by Crippen LogP contribution is -2.37. The van der Waals surface area contributed by atoms with E-state index in [-0.39, 0.29) is 18.0 Å². The molecule has 3 fully saturated rings. The first-order chi connectivity index (χ1) is 13.7. The van der Waals surface area contributed by atoms with E-state index in [0.29, 0.717) is 5.92 Å². The third kappa shape index (κ3) is 6.49. The fourth-order valence-electron chi connectivity index (χ4n) is 6.28. The minimum atomic E-state index is 0.142. The quantitative estimate of drug-likeness (QED) is 0.298. The van der Waals surface area contributed by atoms with Crippen molar-refractivity contribution in [1.29, 1.82) is 0 Å². The van der Waals surface area contributed by atoms with E-state index in [4.69, 9.17) is 4.74 Å². The number of rotatable bonds is 9. The molecular formula is C26H46O2. The van der Waals surface area contributed by atoms with Gasteiger partial charge in [-0.05, 0) is 62.2 Å². The van der Waals surface area contributed by atoms with Gasteiger partial charge in [-0.25, -0.2) is 0 Å². The lowest BCUT2D eigenvalue weighted by atomic mass is 9.75. The van der Waals surface area contributed by atoms with E-state index in [9.17, 15) is 4.79 Å². The lowest BCUT2D eigenvalue weighted by Gasteiger charge is -2.37. The topological polar surface area (TPSA) is 26.3 Å². The van der Waals surface area contributed by atoms with Crippen molar-refractivity contribution in [2.24, 2.45) is 29.6 Å². The van der Waals surface area contributed by atoms with Crippen molar-refractivity contribution >= 4 is 5.97 Å². The summed E-state index contributed by atoms with van der Waals surface area (Å²) in [7, 11) is 0. The van der Waals surface area contributed by atoms with Crippen LogP contribution in [-0.2, 0) is 9.53 Å². The maximum absolute atomic E-state index is 12.6. The number of carbonyl (C=O) groups is 1. The Bertz CT molecular complexity index is 443. The van der Waals surface area contributed by atoms with Gasteiger partial charge in [-0.2, -0.15) is 0 Å². The average Bonchev–Trinajstić information content (AvgIpc) is 2.74. The van der Waals surface area contributed by atoms with Gasteiger partial charge < -0.3 is 4.74 Å². The third-order valence-electron chi connectivity index (χ3n) is 8.50. The molecule has 0 radical (unpaired) electrons. The van der Waals surface area contributed by atoms with Crippen molar-refractivity contribution in [1.82, 2.24) is 0 Å². The zero-order valence-corrected chi connectivity index (χ0v) is 18.8. The SMILES string of the molecule is CCCCCC1CCC(C2CCC(CCC3CCC(CC)CC3)C(=O)O2)CC1. The van der Waals surface area contributed by atoms with Crippen LogP contribution in [0.1, 0.15) is 123 Å². The Labute approximate surface area is 174 Å². The first kappa shape index (κ1) is 22.2. The second-order valence-corrected chi connectivity index (χ2v) is 10.4. The van der Waals surface area contributed by atoms with Crippen LogP contribution in [0, 0.1) is 29.6 Å². The third-order valence-corrected chi connectivity index (χ3v) is 8.50. The van der Waals surface area contributed by atoms with E-state index in [1.54, 1.807) is 0 Å². The molecule has 2 nitrogen and oxygen atoms in total. The Kier molecular flexibility index (Phi) is 9.18. The van der Waals surface area contributed by atoms with Crippen molar-refractivity contribution < 1.29 is 9.53 Å². The summed E-state index contributed by atoms with van der Waals surface area (Å²) in [5.74, 6) is 3.78.